The zero-order valence-corrected chi connectivity index (χ0v) is 28.9. The molecular formula is C45H44N2. The van der Waals surface area contributed by atoms with Gasteiger partial charge < -0.3 is 0 Å². The van der Waals surface area contributed by atoms with E-state index in [9.17, 15) is 0 Å². The Kier molecular flexibility index (Phi) is 7.32. The van der Waals surface area contributed by atoms with E-state index in [0.717, 1.165) is 22.8 Å². The molecule has 4 aromatic carbocycles. The monoisotopic (exact) mass is 612 g/mol. The highest BCUT2D eigenvalue weighted by Crippen LogP contribution is 2.55. The molecular weight excluding hydrogens is 569 g/mol. The molecule has 1 aliphatic rings. The predicted octanol–water partition coefficient (Wildman–Crippen LogP) is 11.4. The second-order valence-corrected chi connectivity index (χ2v) is 15.2. The Hall–Kier alpha value is -4.82. The smallest absolute Gasteiger partial charge is 0.106 e. The Morgan fingerprint density at radius 3 is 1.23 bits per heavy atom. The molecule has 0 atom stereocenters. The van der Waals surface area contributed by atoms with Gasteiger partial charge in [0.15, 0.2) is 0 Å². The Labute approximate surface area is 280 Å². The predicted molar refractivity (Wildman–Crippen MR) is 197 cm³/mol. The number of aryl methyl sites for hydroxylation is 2. The second-order valence-electron chi connectivity index (χ2n) is 15.2. The standard InChI is InChI=1S/C45H44N2/c1-29-23-25-31(43(3,4)5)27-35(29)39-19-13-21-41(46-39)45(37-17-11-9-15-33(37)34-16-10-12-18-38(34)45)42-22-14-20-40(47-42)36-28-32(44(6,7)8)26-24-30(36)2/h9-28H,1-8H3. The van der Waals surface area contributed by atoms with Gasteiger partial charge in [0.05, 0.1) is 22.8 Å². The summed E-state index contributed by atoms with van der Waals surface area (Å²) in [6.45, 7) is 18.0. The van der Waals surface area contributed by atoms with Gasteiger partial charge in [0.2, 0.25) is 0 Å². The molecule has 2 heterocycles. The van der Waals surface area contributed by atoms with Crippen LogP contribution in [0.15, 0.2) is 121 Å². The number of hydrogen-bond donors (Lipinski definition) is 0. The fourth-order valence-corrected chi connectivity index (χ4v) is 7.23. The Morgan fingerprint density at radius 2 is 0.830 bits per heavy atom. The highest BCUT2D eigenvalue weighted by molar-refractivity contribution is 5.86. The summed E-state index contributed by atoms with van der Waals surface area (Å²) in [4.78, 5) is 11.2. The first-order valence-corrected chi connectivity index (χ1v) is 16.8. The molecule has 0 amide bonds. The van der Waals surface area contributed by atoms with Crippen LogP contribution < -0.4 is 0 Å². The maximum absolute atomic E-state index is 5.58. The second kappa shape index (κ2) is 11.2. The molecule has 0 fully saturated rings. The van der Waals surface area contributed by atoms with Crippen molar-refractivity contribution in [1.82, 2.24) is 9.97 Å². The first-order valence-electron chi connectivity index (χ1n) is 16.8. The molecule has 0 saturated carbocycles. The number of rotatable bonds is 4. The van der Waals surface area contributed by atoms with E-state index < -0.39 is 5.41 Å². The van der Waals surface area contributed by atoms with Crippen LogP contribution in [0.4, 0.5) is 0 Å². The van der Waals surface area contributed by atoms with Crippen molar-refractivity contribution in [2.24, 2.45) is 0 Å². The fourth-order valence-electron chi connectivity index (χ4n) is 7.23. The average molecular weight is 613 g/mol. The van der Waals surface area contributed by atoms with Gasteiger partial charge in [0.25, 0.3) is 0 Å². The third kappa shape index (κ3) is 5.11. The molecule has 1 aliphatic carbocycles. The van der Waals surface area contributed by atoms with Gasteiger partial charge >= 0.3 is 0 Å². The molecule has 0 aliphatic heterocycles. The first-order chi connectivity index (χ1) is 22.4. The molecule has 0 spiro atoms. The lowest BCUT2D eigenvalue weighted by Crippen LogP contribution is -2.31. The summed E-state index contributed by atoms with van der Waals surface area (Å²) in [5.41, 5.74) is 15.6. The zero-order chi connectivity index (χ0) is 33.1. The lowest BCUT2D eigenvalue weighted by atomic mass is 9.72. The molecule has 0 radical (unpaired) electrons. The van der Waals surface area contributed by atoms with Crippen LogP contribution in [0.2, 0.25) is 0 Å². The van der Waals surface area contributed by atoms with Crippen LogP contribution in [0.25, 0.3) is 33.6 Å². The zero-order valence-electron chi connectivity index (χ0n) is 28.9. The topological polar surface area (TPSA) is 25.8 Å². The van der Waals surface area contributed by atoms with Gasteiger partial charge in [-0.05, 0) is 106 Å². The molecule has 7 rings (SSSR count). The minimum atomic E-state index is -0.690. The molecule has 0 unspecified atom stereocenters. The summed E-state index contributed by atoms with van der Waals surface area (Å²) >= 11 is 0. The molecule has 0 saturated heterocycles. The number of hydrogen-bond acceptors (Lipinski definition) is 2. The van der Waals surface area contributed by atoms with Crippen molar-refractivity contribution in [1.29, 1.82) is 0 Å². The number of aromatic nitrogens is 2. The Morgan fingerprint density at radius 1 is 0.426 bits per heavy atom. The van der Waals surface area contributed by atoms with Crippen molar-refractivity contribution < 1.29 is 0 Å². The van der Waals surface area contributed by atoms with Crippen molar-refractivity contribution in [2.45, 2.75) is 71.6 Å². The van der Waals surface area contributed by atoms with Crippen molar-refractivity contribution in [3.8, 4) is 33.6 Å². The third-order valence-corrected chi connectivity index (χ3v) is 9.98. The van der Waals surface area contributed by atoms with E-state index in [1.165, 1.54) is 55.6 Å². The van der Waals surface area contributed by atoms with Crippen molar-refractivity contribution >= 4 is 0 Å². The van der Waals surface area contributed by atoms with Crippen LogP contribution in [0.3, 0.4) is 0 Å². The van der Waals surface area contributed by atoms with E-state index >= 15 is 0 Å². The van der Waals surface area contributed by atoms with Gasteiger partial charge in [-0.2, -0.15) is 0 Å². The van der Waals surface area contributed by atoms with Crippen LogP contribution >= 0.6 is 0 Å². The third-order valence-electron chi connectivity index (χ3n) is 9.98. The van der Waals surface area contributed by atoms with E-state index in [2.05, 4.69) is 177 Å². The molecule has 2 heteroatoms. The van der Waals surface area contributed by atoms with Crippen LogP contribution in [0.5, 0.6) is 0 Å². The summed E-state index contributed by atoms with van der Waals surface area (Å²) in [6, 6.07) is 44.3. The number of fused-ring (bicyclic) bond motifs is 3. The number of nitrogens with zero attached hydrogens (tertiary/aromatic N) is 2. The van der Waals surface area contributed by atoms with E-state index in [0.29, 0.717) is 0 Å². The molecule has 2 nitrogen and oxygen atoms in total. The Balaban J connectivity index is 1.52. The highest BCUT2D eigenvalue weighted by atomic mass is 14.8. The summed E-state index contributed by atoms with van der Waals surface area (Å²) in [6.07, 6.45) is 0. The molecule has 0 bridgehead atoms. The molecule has 2 aromatic heterocycles. The Bertz CT molecular complexity index is 1980. The van der Waals surface area contributed by atoms with Crippen molar-refractivity contribution in [3.63, 3.8) is 0 Å². The summed E-state index contributed by atoms with van der Waals surface area (Å²) in [5.74, 6) is 0. The summed E-state index contributed by atoms with van der Waals surface area (Å²) in [7, 11) is 0. The van der Waals surface area contributed by atoms with Gasteiger partial charge in [0, 0.05) is 11.1 Å². The van der Waals surface area contributed by atoms with Gasteiger partial charge in [-0.15, -0.1) is 0 Å². The van der Waals surface area contributed by atoms with Crippen molar-refractivity contribution in [2.75, 3.05) is 0 Å². The highest BCUT2D eigenvalue weighted by Gasteiger charge is 2.48. The van der Waals surface area contributed by atoms with E-state index in [-0.39, 0.29) is 10.8 Å². The normalized spacial score (nSPS) is 13.7. The number of pyridine rings is 2. The van der Waals surface area contributed by atoms with Crippen LogP contribution in [-0.4, -0.2) is 9.97 Å². The number of benzene rings is 4. The average Bonchev–Trinajstić information content (AvgIpc) is 3.35. The van der Waals surface area contributed by atoms with E-state index in [1.54, 1.807) is 0 Å². The van der Waals surface area contributed by atoms with Crippen LogP contribution in [0.1, 0.15) is 86.3 Å². The molecule has 234 valence electrons. The first kappa shape index (κ1) is 30.8. The van der Waals surface area contributed by atoms with Crippen molar-refractivity contribution in [3.05, 3.63) is 166 Å². The lowest BCUT2D eigenvalue weighted by Gasteiger charge is -2.32. The van der Waals surface area contributed by atoms with E-state index in [1.807, 2.05) is 0 Å². The quantitative estimate of drug-likeness (QED) is 0.198. The van der Waals surface area contributed by atoms with Gasteiger partial charge in [-0.3, -0.25) is 9.97 Å². The lowest BCUT2D eigenvalue weighted by molar-refractivity contribution is 0.590. The summed E-state index contributed by atoms with van der Waals surface area (Å²) in [5, 5.41) is 0. The van der Waals surface area contributed by atoms with Crippen LogP contribution in [-0.2, 0) is 16.2 Å². The maximum Gasteiger partial charge on any atom is 0.106 e. The van der Waals surface area contributed by atoms with Crippen LogP contribution in [0, 0.1) is 13.8 Å². The molecule has 47 heavy (non-hydrogen) atoms. The summed E-state index contributed by atoms with van der Waals surface area (Å²) < 4.78 is 0. The molecule has 6 aromatic rings. The van der Waals surface area contributed by atoms with E-state index in [4.69, 9.17) is 9.97 Å². The largest absolute Gasteiger partial charge is 0.251 e. The SMILES string of the molecule is Cc1ccc(C(C)(C)C)cc1-c1cccc(C2(c3cccc(-c4cc(C(C)(C)C)ccc4C)n3)c3ccccc3-c3ccccc32)n1. The van der Waals surface area contributed by atoms with Gasteiger partial charge in [0.1, 0.15) is 5.41 Å². The minimum Gasteiger partial charge on any atom is -0.251 e. The van der Waals surface area contributed by atoms with Gasteiger partial charge in [-0.1, -0.05) is 126 Å². The minimum absolute atomic E-state index is 0.0391. The molecule has 0 N–H and O–H groups in total. The van der Waals surface area contributed by atoms with Gasteiger partial charge in [-0.25, -0.2) is 0 Å². The fraction of sp³-hybridized carbons (Fsp3) is 0.244. The maximum atomic E-state index is 5.58.